The minimum atomic E-state index is -0.578. The van der Waals surface area contributed by atoms with Crippen LogP contribution in [-0.4, -0.2) is 49.0 Å². The summed E-state index contributed by atoms with van der Waals surface area (Å²) in [6, 6.07) is 1.51. The molecule has 0 N–H and O–H groups in total. The largest absolute Gasteiger partial charge is 0.378 e. The number of nitrogens with zero attached hydrogens (tertiary/aromatic N) is 2. The first kappa shape index (κ1) is 11.5. The van der Waals surface area contributed by atoms with Gasteiger partial charge in [0.2, 0.25) is 5.95 Å². The monoisotopic (exact) mass is 236 g/mol. The Balaban J connectivity index is 2.22. The molecule has 0 unspecified atom stereocenters. The third-order valence-corrected chi connectivity index (χ3v) is 2.87. The van der Waals surface area contributed by atoms with Gasteiger partial charge in [-0.15, -0.1) is 0 Å². The molecule has 3 nitrogen and oxygen atoms in total. The predicted molar refractivity (Wildman–Crippen MR) is 63.7 cm³/mol. The molecule has 0 saturated carbocycles. The number of ether oxygens (including phenoxy) is 1. The molecule has 1 aromatic rings. The summed E-state index contributed by atoms with van der Waals surface area (Å²) < 4.78 is 18.7. The lowest BCUT2D eigenvalue weighted by Gasteiger charge is -2.29. The normalized spacial score (nSPS) is 16.2. The molecule has 16 heavy (non-hydrogen) atoms. The fourth-order valence-electron chi connectivity index (χ4n) is 1.55. The maximum Gasteiger partial charge on any atom is 0.223 e. The summed E-state index contributed by atoms with van der Waals surface area (Å²) in [5.74, 6) is -0.578. The minimum Gasteiger partial charge on any atom is -0.378 e. The Morgan fingerprint density at radius 3 is 2.88 bits per heavy atom. The molecular weight excluding hydrogens is 226 g/mol. The lowest BCUT2D eigenvalue weighted by Crippen LogP contribution is -2.40. The topological polar surface area (TPSA) is 25.4 Å². The SMILES string of the molecule is [B]c1cnc(F)c(C(=S)N2CCOCC2)c1. The highest BCUT2D eigenvalue weighted by Gasteiger charge is 2.18. The summed E-state index contributed by atoms with van der Waals surface area (Å²) in [6.45, 7) is 2.56. The van der Waals surface area contributed by atoms with Crippen molar-refractivity contribution in [3.8, 4) is 0 Å². The van der Waals surface area contributed by atoms with Gasteiger partial charge in [-0.1, -0.05) is 23.7 Å². The third-order valence-electron chi connectivity index (χ3n) is 2.39. The van der Waals surface area contributed by atoms with Crippen LogP contribution in [-0.2, 0) is 4.74 Å². The zero-order chi connectivity index (χ0) is 11.5. The molecule has 2 rings (SSSR count). The second kappa shape index (κ2) is 4.89. The standard InChI is InChI=1S/C10H10BFN2OS/c11-7-5-8(9(12)13-6-7)10(16)14-1-3-15-4-2-14/h5-6H,1-4H2. The number of hydrogen-bond donors (Lipinski definition) is 0. The van der Waals surface area contributed by atoms with Crippen LogP contribution in [0.5, 0.6) is 0 Å². The zero-order valence-corrected chi connectivity index (χ0v) is 9.47. The van der Waals surface area contributed by atoms with E-state index >= 15 is 0 Å². The molecule has 0 spiro atoms. The molecule has 6 heteroatoms. The molecule has 1 fully saturated rings. The Morgan fingerprint density at radius 2 is 2.19 bits per heavy atom. The van der Waals surface area contributed by atoms with Crippen LogP contribution in [0.4, 0.5) is 4.39 Å². The number of morpholine rings is 1. The Hall–Kier alpha value is -1.01. The average Bonchev–Trinajstić information content (AvgIpc) is 2.32. The average molecular weight is 236 g/mol. The molecule has 0 amide bonds. The van der Waals surface area contributed by atoms with E-state index in [0.29, 0.717) is 36.8 Å². The summed E-state index contributed by atoms with van der Waals surface area (Å²) in [5, 5.41) is 0. The van der Waals surface area contributed by atoms with Gasteiger partial charge in [0.05, 0.1) is 18.8 Å². The molecule has 0 aromatic carbocycles. The van der Waals surface area contributed by atoms with Gasteiger partial charge >= 0.3 is 0 Å². The summed E-state index contributed by atoms with van der Waals surface area (Å²) in [5.41, 5.74) is 0.698. The molecule has 2 heterocycles. The summed E-state index contributed by atoms with van der Waals surface area (Å²) in [6.07, 6.45) is 1.28. The Labute approximate surface area is 100 Å². The van der Waals surface area contributed by atoms with Gasteiger partial charge in [-0.25, -0.2) is 4.98 Å². The van der Waals surface area contributed by atoms with Crippen molar-refractivity contribution in [2.45, 2.75) is 0 Å². The van der Waals surface area contributed by atoms with Crippen molar-refractivity contribution in [3.63, 3.8) is 0 Å². The van der Waals surface area contributed by atoms with Crippen LogP contribution in [0.3, 0.4) is 0 Å². The van der Waals surface area contributed by atoms with E-state index in [1.165, 1.54) is 12.3 Å². The van der Waals surface area contributed by atoms with Crippen molar-refractivity contribution in [1.29, 1.82) is 0 Å². The smallest absolute Gasteiger partial charge is 0.223 e. The Bertz CT molecular complexity index is 410. The summed E-state index contributed by atoms with van der Waals surface area (Å²) in [7, 11) is 5.56. The molecule has 0 atom stereocenters. The number of pyridine rings is 1. The van der Waals surface area contributed by atoms with E-state index in [0.717, 1.165) is 0 Å². The molecule has 2 radical (unpaired) electrons. The van der Waals surface area contributed by atoms with Crippen molar-refractivity contribution in [2.75, 3.05) is 26.3 Å². The lowest BCUT2D eigenvalue weighted by molar-refractivity contribution is 0.0692. The first-order chi connectivity index (χ1) is 7.68. The van der Waals surface area contributed by atoms with E-state index in [-0.39, 0.29) is 5.56 Å². The van der Waals surface area contributed by atoms with Gasteiger partial charge in [-0.3, -0.25) is 0 Å². The quantitative estimate of drug-likeness (QED) is 0.390. The fourth-order valence-corrected chi connectivity index (χ4v) is 1.88. The first-order valence-electron chi connectivity index (χ1n) is 4.96. The van der Waals surface area contributed by atoms with Gasteiger partial charge < -0.3 is 9.64 Å². The van der Waals surface area contributed by atoms with Gasteiger partial charge in [0.15, 0.2) is 0 Å². The molecule has 0 aliphatic carbocycles. The van der Waals surface area contributed by atoms with E-state index in [2.05, 4.69) is 4.98 Å². The van der Waals surface area contributed by atoms with E-state index in [9.17, 15) is 4.39 Å². The van der Waals surface area contributed by atoms with Crippen molar-refractivity contribution in [1.82, 2.24) is 9.88 Å². The van der Waals surface area contributed by atoms with Gasteiger partial charge in [0, 0.05) is 19.3 Å². The highest BCUT2D eigenvalue weighted by atomic mass is 32.1. The third kappa shape index (κ3) is 2.39. The Morgan fingerprint density at radius 1 is 1.50 bits per heavy atom. The zero-order valence-electron chi connectivity index (χ0n) is 8.65. The number of hydrogen-bond acceptors (Lipinski definition) is 3. The van der Waals surface area contributed by atoms with Crippen LogP contribution in [0.2, 0.25) is 0 Å². The molecule has 1 saturated heterocycles. The maximum atomic E-state index is 13.5. The number of aromatic nitrogens is 1. The van der Waals surface area contributed by atoms with Crippen molar-refractivity contribution in [3.05, 3.63) is 23.8 Å². The van der Waals surface area contributed by atoms with Crippen molar-refractivity contribution in [2.24, 2.45) is 0 Å². The molecule has 82 valence electrons. The lowest BCUT2D eigenvalue weighted by atomic mass is 9.97. The van der Waals surface area contributed by atoms with E-state index < -0.39 is 5.95 Å². The van der Waals surface area contributed by atoms with Crippen LogP contribution >= 0.6 is 12.2 Å². The van der Waals surface area contributed by atoms with Crippen LogP contribution in [0, 0.1) is 5.95 Å². The summed E-state index contributed by atoms with van der Waals surface area (Å²) >= 11 is 5.22. The second-order valence-corrected chi connectivity index (χ2v) is 3.90. The summed E-state index contributed by atoms with van der Waals surface area (Å²) in [4.78, 5) is 5.90. The van der Waals surface area contributed by atoms with Crippen molar-refractivity contribution < 1.29 is 9.13 Å². The molecular formula is C10H10BFN2OS. The fraction of sp³-hybridized carbons (Fsp3) is 0.400. The van der Waals surface area contributed by atoms with Gasteiger partial charge in [0.25, 0.3) is 0 Å². The minimum absolute atomic E-state index is 0.289. The molecule has 1 aliphatic heterocycles. The van der Waals surface area contributed by atoms with Crippen LogP contribution in [0.15, 0.2) is 12.3 Å². The predicted octanol–water partition coefficient (Wildman–Crippen LogP) is 0.0222. The molecule has 0 bridgehead atoms. The van der Waals surface area contributed by atoms with Crippen LogP contribution in [0.1, 0.15) is 5.56 Å². The second-order valence-electron chi connectivity index (χ2n) is 3.51. The van der Waals surface area contributed by atoms with Gasteiger partial charge in [-0.2, -0.15) is 4.39 Å². The van der Waals surface area contributed by atoms with Crippen LogP contribution in [0.25, 0.3) is 0 Å². The number of halogens is 1. The van der Waals surface area contributed by atoms with Crippen molar-refractivity contribution >= 4 is 30.5 Å². The maximum absolute atomic E-state index is 13.5. The molecule has 1 aliphatic rings. The van der Waals surface area contributed by atoms with E-state index in [4.69, 9.17) is 24.8 Å². The van der Waals surface area contributed by atoms with Gasteiger partial charge in [-0.05, 0) is 0 Å². The van der Waals surface area contributed by atoms with E-state index in [1.54, 1.807) is 0 Å². The first-order valence-corrected chi connectivity index (χ1v) is 5.37. The number of rotatable bonds is 1. The highest BCUT2D eigenvalue weighted by molar-refractivity contribution is 7.80. The van der Waals surface area contributed by atoms with E-state index in [1.807, 2.05) is 4.90 Å². The Kier molecular flexibility index (Phi) is 3.50. The van der Waals surface area contributed by atoms with Gasteiger partial charge in [0.1, 0.15) is 12.8 Å². The molecule has 1 aromatic heterocycles. The van der Waals surface area contributed by atoms with Crippen LogP contribution < -0.4 is 5.46 Å². The highest BCUT2D eigenvalue weighted by Crippen LogP contribution is 2.09. The number of thiocarbonyl (C=S) groups is 1.